The van der Waals surface area contributed by atoms with Gasteiger partial charge in [0.05, 0.1) is 11.1 Å². The molecule has 1 aromatic heterocycles. The molecule has 0 bridgehead atoms. The largest absolute Gasteiger partial charge is 0.322 e. The Morgan fingerprint density at radius 3 is 2.52 bits per heavy atom. The van der Waals surface area contributed by atoms with Crippen molar-refractivity contribution < 1.29 is 13.2 Å². The molecular formula is C19H20N4O3S. The summed E-state index contributed by atoms with van der Waals surface area (Å²) in [5, 5.41) is 6.84. The van der Waals surface area contributed by atoms with Crippen LogP contribution in [0.1, 0.15) is 21.6 Å². The number of sulfonamides is 1. The summed E-state index contributed by atoms with van der Waals surface area (Å²) in [4.78, 5) is 12.4. The van der Waals surface area contributed by atoms with Crippen LogP contribution in [0.15, 0.2) is 65.7 Å². The van der Waals surface area contributed by atoms with E-state index < -0.39 is 10.0 Å². The van der Waals surface area contributed by atoms with Gasteiger partial charge in [0.1, 0.15) is 0 Å². The number of anilines is 1. The first-order valence-electron chi connectivity index (χ1n) is 8.30. The number of carbonyl (C=O) groups excluding carboxylic acids is 1. The highest BCUT2D eigenvalue weighted by Gasteiger charge is 2.17. The fraction of sp³-hybridized carbons (Fsp3) is 0.158. The van der Waals surface area contributed by atoms with E-state index in [2.05, 4.69) is 15.1 Å². The molecule has 0 radical (unpaired) electrons. The molecule has 0 aliphatic rings. The number of hydrogen-bond donors (Lipinski definition) is 2. The second-order valence-electron chi connectivity index (χ2n) is 6.05. The minimum absolute atomic E-state index is 0.0322. The predicted octanol–water partition coefficient (Wildman–Crippen LogP) is 2.46. The van der Waals surface area contributed by atoms with Gasteiger partial charge in [0.15, 0.2) is 0 Å². The molecule has 0 spiro atoms. The maximum atomic E-state index is 12.6. The van der Waals surface area contributed by atoms with Gasteiger partial charge in [-0.1, -0.05) is 24.3 Å². The molecule has 3 rings (SSSR count). The molecule has 2 N–H and O–H groups in total. The van der Waals surface area contributed by atoms with Gasteiger partial charge in [-0.05, 0) is 37.3 Å². The van der Waals surface area contributed by atoms with E-state index in [0.717, 1.165) is 11.3 Å². The van der Waals surface area contributed by atoms with Gasteiger partial charge in [0.2, 0.25) is 10.0 Å². The SMILES string of the molecule is Cc1c(CNS(=O)(=O)c2cccc(C(=O)Nc3ccccc3)c2)cnn1C. The Morgan fingerprint density at radius 1 is 1.11 bits per heavy atom. The Morgan fingerprint density at radius 2 is 1.85 bits per heavy atom. The summed E-state index contributed by atoms with van der Waals surface area (Å²) in [5.41, 5.74) is 2.58. The monoisotopic (exact) mass is 384 g/mol. The zero-order chi connectivity index (χ0) is 19.4. The first-order valence-corrected chi connectivity index (χ1v) is 9.79. The summed E-state index contributed by atoms with van der Waals surface area (Å²) in [6.45, 7) is 1.99. The summed E-state index contributed by atoms with van der Waals surface area (Å²) >= 11 is 0. The Kier molecular flexibility index (Phi) is 5.38. The topological polar surface area (TPSA) is 93.1 Å². The Labute approximate surface area is 158 Å². The smallest absolute Gasteiger partial charge is 0.255 e. The predicted molar refractivity (Wildman–Crippen MR) is 103 cm³/mol. The van der Waals surface area contributed by atoms with E-state index in [0.29, 0.717) is 5.69 Å². The molecule has 0 aliphatic heterocycles. The molecule has 8 heteroatoms. The minimum atomic E-state index is -3.76. The van der Waals surface area contributed by atoms with E-state index in [1.54, 1.807) is 54.3 Å². The zero-order valence-electron chi connectivity index (χ0n) is 15.0. The van der Waals surface area contributed by atoms with Crippen LogP contribution < -0.4 is 10.0 Å². The van der Waals surface area contributed by atoms with Gasteiger partial charge in [-0.3, -0.25) is 9.48 Å². The maximum absolute atomic E-state index is 12.6. The van der Waals surface area contributed by atoms with E-state index in [1.807, 2.05) is 13.0 Å². The van der Waals surface area contributed by atoms with Crippen LogP contribution >= 0.6 is 0 Å². The number of aromatic nitrogens is 2. The molecule has 1 amide bonds. The molecule has 0 saturated carbocycles. The number of para-hydroxylation sites is 1. The average molecular weight is 384 g/mol. The first-order chi connectivity index (χ1) is 12.9. The third-order valence-electron chi connectivity index (χ3n) is 4.23. The van der Waals surface area contributed by atoms with Crippen LogP contribution in [0.2, 0.25) is 0 Å². The van der Waals surface area contributed by atoms with Crippen LogP contribution in [0, 0.1) is 6.92 Å². The van der Waals surface area contributed by atoms with E-state index >= 15 is 0 Å². The molecular weight excluding hydrogens is 364 g/mol. The molecule has 0 saturated heterocycles. The molecule has 3 aromatic rings. The third-order valence-corrected chi connectivity index (χ3v) is 5.63. The molecule has 1 heterocycles. The van der Waals surface area contributed by atoms with Crippen molar-refractivity contribution in [1.82, 2.24) is 14.5 Å². The second-order valence-corrected chi connectivity index (χ2v) is 7.82. The van der Waals surface area contributed by atoms with E-state index in [9.17, 15) is 13.2 Å². The third kappa shape index (κ3) is 4.42. The summed E-state index contributed by atoms with van der Waals surface area (Å²) < 4.78 is 29.4. The number of rotatable bonds is 6. The van der Waals surface area contributed by atoms with E-state index in [-0.39, 0.29) is 22.9 Å². The molecule has 27 heavy (non-hydrogen) atoms. The van der Waals surface area contributed by atoms with Crippen LogP contribution in [-0.4, -0.2) is 24.1 Å². The fourth-order valence-corrected chi connectivity index (χ4v) is 3.56. The maximum Gasteiger partial charge on any atom is 0.255 e. The summed E-state index contributed by atoms with van der Waals surface area (Å²) in [6, 6.07) is 14.9. The van der Waals surface area contributed by atoms with Gasteiger partial charge >= 0.3 is 0 Å². The van der Waals surface area contributed by atoms with Crippen molar-refractivity contribution in [2.45, 2.75) is 18.4 Å². The summed E-state index contributed by atoms with van der Waals surface area (Å²) in [5.74, 6) is -0.374. The van der Waals surface area contributed by atoms with Crippen molar-refractivity contribution in [2.24, 2.45) is 7.05 Å². The highest BCUT2D eigenvalue weighted by Crippen LogP contribution is 2.15. The molecule has 2 aromatic carbocycles. The number of amides is 1. The number of nitrogens with zero attached hydrogens (tertiary/aromatic N) is 2. The van der Waals surface area contributed by atoms with Crippen LogP contribution in [0.25, 0.3) is 0 Å². The van der Waals surface area contributed by atoms with Crippen LogP contribution in [0.5, 0.6) is 0 Å². The van der Waals surface area contributed by atoms with Gasteiger partial charge in [0.25, 0.3) is 5.91 Å². The highest BCUT2D eigenvalue weighted by atomic mass is 32.2. The van der Waals surface area contributed by atoms with E-state index in [4.69, 9.17) is 0 Å². The first kappa shape index (κ1) is 18.8. The number of hydrogen-bond acceptors (Lipinski definition) is 4. The van der Waals surface area contributed by atoms with Gasteiger partial charge in [-0.2, -0.15) is 5.10 Å². The fourth-order valence-electron chi connectivity index (χ4n) is 2.50. The van der Waals surface area contributed by atoms with Crippen molar-refractivity contribution in [3.63, 3.8) is 0 Å². The molecule has 0 fully saturated rings. The lowest BCUT2D eigenvalue weighted by Gasteiger charge is -2.09. The lowest BCUT2D eigenvalue weighted by Crippen LogP contribution is -2.24. The molecule has 140 valence electrons. The normalized spacial score (nSPS) is 11.3. The van der Waals surface area contributed by atoms with Crippen molar-refractivity contribution in [2.75, 3.05) is 5.32 Å². The highest BCUT2D eigenvalue weighted by molar-refractivity contribution is 7.89. The Hall–Kier alpha value is -2.97. The van der Waals surface area contributed by atoms with Gasteiger partial charge in [-0.25, -0.2) is 13.1 Å². The van der Waals surface area contributed by atoms with Crippen molar-refractivity contribution in [3.05, 3.63) is 77.6 Å². The quantitative estimate of drug-likeness (QED) is 0.683. The molecule has 0 unspecified atom stereocenters. The van der Waals surface area contributed by atoms with Gasteiger partial charge < -0.3 is 5.32 Å². The van der Waals surface area contributed by atoms with E-state index in [1.165, 1.54) is 12.1 Å². The zero-order valence-corrected chi connectivity index (χ0v) is 15.8. The Balaban J connectivity index is 1.75. The number of nitrogens with one attached hydrogen (secondary N) is 2. The summed E-state index contributed by atoms with van der Waals surface area (Å²) in [7, 11) is -1.97. The lowest BCUT2D eigenvalue weighted by atomic mass is 10.2. The molecule has 0 aliphatic carbocycles. The van der Waals surface area contributed by atoms with Crippen LogP contribution in [0.3, 0.4) is 0 Å². The minimum Gasteiger partial charge on any atom is -0.322 e. The number of carbonyl (C=O) groups is 1. The van der Waals surface area contributed by atoms with Crippen molar-refractivity contribution >= 4 is 21.6 Å². The standard InChI is InChI=1S/C19H20N4O3S/c1-14-16(12-20-23(14)2)13-21-27(25,26)18-10-6-7-15(11-18)19(24)22-17-8-4-3-5-9-17/h3-12,21H,13H2,1-2H3,(H,22,24). The lowest BCUT2D eigenvalue weighted by molar-refractivity contribution is 0.102. The molecule has 0 atom stereocenters. The van der Waals surface area contributed by atoms with Crippen LogP contribution in [0.4, 0.5) is 5.69 Å². The van der Waals surface area contributed by atoms with Crippen molar-refractivity contribution in [1.29, 1.82) is 0 Å². The van der Waals surface area contributed by atoms with Crippen molar-refractivity contribution in [3.8, 4) is 0 Å². The summed E-state index contributed by atoms with van der Waals surface area (Å²) in [6.07, 6.45) is 1.63. The average Bonchev–Trinajstić information content (AvgIpc) is 2.99. The van der Waals surface area contributed by atoms with Crippen LogP contribution in [-0.2, 0) is 23.6 Å². The van der Waals surface area contributed by atoms with Gasteiger partial charge in [-0.15, -0.1) is 0 Å². The number of benzene rings is 2. The second kappa shape index (κ2) is 7.73. The Bertz CT molecular complexity index is 1060. The van der Waals surface area contributed by atoms with Gasteiger partial charge in [0, 0.05) is 36.1 Å². The molecule has 7 nitrogen and oxygen atoms in total. The number of aryl methyl sites for hydroxylation is 1.